The number of hydrogen-bond donors (Lipinski definition) is 2. The standard InChI is InChI=1S/C22H26FN3O2/c23-20-4-2-1-3-19(20)21(28-15-16-9-13-27-14-10-16)17-5-7-18(8-6-17)26-22-24-11-12-25-22/h1-8,16,21H,9-15H2,(H2,24,25,26). The maximum absolute atomic E-state index is 14.5. The summed E-state index contributed by atoms with van der Waals surface area (Å²) in [4.78, 5) is 4.34. The van der Waals surface area contributed by atoms with Crippen molar-refractivity contribution >= 4 is 11.6 Å². The van der Waals surface area contributed by atoms with E-state index in [4.69, 9.17) is 9.47 Å². The molecule has 0 bridgehead atoms. The lowest BCUT2D eigenvalue weighted by Crippen LogP contribution is -2.26. The molecule has 2 N–H and O–H groups in total. The zero-order chi connectivity index (χ0) is 19.2. The van der Waals surface area contributed by atoms with E-state index in [0.717, 1.165) is 56.4 Å². The van der Waals surface area contributed by atoms with Crippen LogP contribution in [0.3, 0.4) is 0 Å². The van der Waals surface area contributed by atoms with Crippen molar-refractivity contribution in [2.45, 2.75) is 18.9 Å². The summed E-state index contributed by atoms with van der Waals surface area (Å²) < 4.78 is 26.2. The maximum Gasteiger partial charge on any atom is 0.195 e. The molecule has 2 aliphatic heterocycles. The van der Waals surface area contributed by atoms with Gasteiger partial charge in [0.1, 0.15) is 11.9 Å². The summed E-state index contributed by atoms with van der Waals surface area (Å²) in [5.74, 6) is 0.996. The van der Waals surface area contributed by atoms with Crippen LogP contribution < -0.4 is 10.6 Å². The van der Waals surface area contributed by atoms with Crippen LogP contribution in [0.25, 0.3) is 0 Å². The SMILES string of the molecule is Fc1ccccc1C(OCC1CCOCC1)c1ccc(NC2=NCCN2)cc1. The van der Waals surface area contributed by atoms with Gasteiger partial charge in [-0.1, -0.05) is 30.3 Å². The molecule has 2 aromatic carbocycles. The molecular formula is C22H26FN3O2. The summed E-state index contributed by atoms with van der Waals surface area (Å²) in [6.07, 6.45) is 1.55. The largest absolute Gasteiger partial charge is 0.381 e. The highest BCUT2D eigenvalue weighted by atomic mass is 19.1. The Kier molecular flexibility index (Phi) is 6.19. The number of nitrogens with one attached hydrogen (secondary N) is 2. The fourth-order valence-electron chi connectivity index (χ4n) is 3.56. The molecule has 5 nitrogen and oxygen atoms in total. The highest BCUT2D eigenvalue weighted by Crippen LogP contribution is 2.30. The van der Waals surface area contributed by atoms with Gasteiger partial charge in [-0.3, -0.25) is 4.99 Å². The number of guanidine groups is 1. The van der Waals surface area contributed by atoms with E-state index in [-0.39, 0.29) is 5.82 Å². The monoisotopic (exact) mass is 383 g/mol. The Morgan fingerprint density at radius 2 is 1.93 bits per heavy atom. The van der Waals surface area contributed by atoms with Crippen LogP contribution in [-0.4, -0.2) is 38.9 Å². The van der Waals surface area contributed by atoms with Crippen molar-refractivity contribution in [1.29, 1.82) is 0 Å². The van der Waals surface area contributed by atoms with E-state index in [9.17, 15) is 4.39 Å². The van der Waals surface area contributed by atoms with Crippen molar-refractivity contribution in [3.05, 3.63) is 65.5 Å². The minimum absolute atomic E-state index is 0.244. The van der Waals surface area contributed by atoms with E-state index in [2.05, 4.69) is 15.6 Å². The minimum Gasteiger partial charge on any atom is -0.381 e. The molecule has 0 aromatic heterocycles. The lowest BCUT2D eigenvalue weighted by Gasteiger charge is -2.26. The van der Waals surface area contributed by atoms with Gasteiger partial charge in [-0.15, -0.1) is 0 Å². The molecule has 28 heavy (non-hydrogen) atoms. The number of halogens is 1. The molecule has 6 heteroatoms. The summed E-state index contributed by atoms with van der Waals surface area (Å²) in [5.41, 5.74) is 2.44. The zero-order valence-corrected chi connectivity index (χ0v) is 15.9. The van der Waals surface area contributed by atoms with Crippen LogP contribution >= 0.6 is 0 Å². The van der Waals surface area contributed by atoms with Crippen molar-refractivity contribution in [2.24, 2.45) is 10.9 Å². The quantitative estimate of drug-likeness (QED) is 0.798. The van der Waals surface area contributed by atoms with Crippen LogP contribution in [0.4, 0.5) is 10.1 Å². The van der Waals surface area contributed by atoms with Gasteiger partial charge in [0, 0.05) is 31.0 Å². The highest BCUT2D eigenvalue weighted by Gasteiger charge is 2.22. The second-order valence-corrected chi connectivity index (χ2v) is 7.19. The van der Waals surface area contributed by atoms with E-state index < -0.39 is 6.10 Å². The Balaban J connectivity index is 1.51. The van der Waals surface area contributed by atoms with E-state index in [0.29, 0.717) is 18.1 Å². The van der Waals surface area contributed by atoms with Gasteiger partial charge in [-0.05, 0) is 42.5 Å². The normalized spacial score (nSPS) is 18.4. The third-order valence-electron chi connectivity index (χ3n) is 5.18. The molecule has 0 radical (unpaired) electrons. The molecule has 0 aliphatic carbocycles. The summed E-state index contributed by atoms with van der Waals surface area (Å²) >= 11 is 0. The van der Waals surface area contributed by atoms with Gasteiger partial charge in [0.15, 0.2) is 5.96 Å². The van der Waals surface area contributed by atoms with E-state index in [1.54, 1.807) is 12.1 Å². The molecule has 0 spiro atoms. The first-order chi connectivity index (χ1) is 13.8. The molecule has 1 unspecified atom stereocenters. The van der Waals surface area contributed by atoms with Gasteiger partial charge in [-0.2, -0.15) is 0 Å². The predicted molar refractivity (Wildman–Crippen MR) is 108 cm³/mol. The molecule has 148 valence electrons. The summed E-state index contributed by atoms with van der Waals surface area (Å²) in [5, 5.41) is 6.44. The molecule has 1 atom stereocenters. The number of hydrogen-bond acceptors (Lipinski definition) is 5. The summed E-state index contributed by atoms with van der Waals surface area (Å²) in [6, 6.07) is 14.8. The van der Waals surface area contributed by atoms with Crippen molar-refractivity contribution < 1.29 is 13.9 Å². The van der Waals surface area contributed by atoms with E-state index >= 15 is 0 Å². The molecule has 2 heterocycles. The number of nitrogens with zero attached hydrogens (tertiary/aromatic N) is 1. The first kappa shape index (κ1) is 18.9. The van der Waals surface area contributed by atoms with Gasteiger partial charge in [0.25, 0.3) is 0 Å². The van der Waals surface area contributed by atoms with Gasteiger partial charge in [0.05, 0.1) is 13.2 Å². The fourth-order valence-corrected chi connectivity index (χ4v) is 3.56. The minimum atomic E-state index is -0.431. The maximum atomic E-state index is 14.5. The summed E-state index contributed by atoms with van der Waals surface area (Å²) in [6.45, 7) is 3.79. The molecule has 2 aromatic rings. The molecule has 0 saturated carbocycles. The van der Waals surface area contributed by atoms with Crippen molar-refractivity contribution in [1.82, 2.24) is 5.32 Å². The Bertz CT molecular complexity index is 804. The number of aliphatic imine (C=N–C) groups is 1. The summed E-state index contributed by atoms with van der Waals surface area (Å²) in [7, 11) is 0. The van der Waals surface area contributed by atoms with Gasteiger partial charge < -0.3 is 20.1 Å². The molecule has 1 saturated heterocycles. The lowest BCUT2D eigenvalue weighted by molar-refractivity contribution is -0.0000284. The highest BCUT2D eigenvalue weighted by molar-refractivity contribution is 5.94. The van der Waals surface area contributed by atoms with Crippen LogP contribution in [0, 0.1) is 11.7 Å². The van der Waals surface area contributed by atoms with Gasteiger partial charge in [-0.25, -0.2) is 4.39 Å². The van der Waals surface area contributed by atoms with Gasteiger partial charge >= 0.3 is 0 Å². The predicted octanol–water partition coefficient (Wildman–Crippen LogP) is 3.73. The van der Waals surface area contributed by atoms with E-state index in [1.165, 1.54) is 6.07 Å². The molecule has 1 fully saturated rings. The smallest absolute Gasteiger partial charge is 0.195 e. The van der Waals surface area contributed by atoms with Crippen LogP contribution in [0.15, 0.2) is 53.5 Å². The van der Waals surface area contributed by atoms with Crippen LogP contribution in [-0.2, 0) is 9.47 Å². The zero-order valence-electron chi connectivity index (χ0n) is 15.9. The molecule has 2 aliphatic rings. The topological polar surface area (TPSA) is 54.9 Å². The van der Waals surface area contributed by atoms with Crippen molar-refractivity contribution in [3.63, 3.8) is 0 Å². The third-order valence-corrected chi connectivity index (χ3v) is 5.18. The van der Waals surface area contributed by atoms with Crippen LogP contribution in [0.2, 0.25) is 0 Å². The number of anilines is 1. The van der Waals surface area contributed by atoms with E-state index in [1.807, 2.05) is 30.3 Å². The Morgan fingerprint density at radius 1 is 1.14 bits per heavy atom. The average Bonchev–Trinajstić information content (AvgIpc) is 3.24. The Hall–Kier alpha value is -2.44. The van der Waals surface area contributed by atoms with Crippen LogP contribution in [0.5, 0.6) is 0 Å². The number of ether oxygens (including phenoxy) is 2. The van der Waals surface area contributed by atoms with Gasteiger partial charge in [0.2, 0.25) is 0 Å². The van der Waals surface area contributed by atoms with Crippen molar-refractivity contribution in [2.75, 3.05) is 38.2 Å². The first-order valence-electron chi connectivity index (χ1n) is 9.88. The third kappa shape index (κ3) is 4.69. The average molecular weight is 383 g/mol. The Labute approximate surface area is 165 Å². The fraction of sp³-hybridized carbons (Fsp3) is 0.409. The second-order valence-electron chi connectivity index (χ2n) is 7.19. The first-order valence-corrected chi connectivity index (χ1v) is 9.88. The number of rotatable bonds is 6. The molecule has 4 rings (SSSR count). The lowest BCUT2D eigenvalue weighted by atomic mass is 9.98. The second kappa shape index (κ2) is 9.17. The molecule has 0 amide bonds. The Morgan fingerprint density at radius 3 is 2.64 bits per heavy atom. The molecular weight excluding hydrogens is 357 g/mol. The number of benzene rings is 2. The van der Waals surface area contributed by atoms with Crippen molar-refractivity contribution in [3.8, 4) is 0 Å². The van der Waals surface area contributed by atoms with Crippen LogP contribution in [0.1, 0.15) is 30.1 Å².